The smallest absolute Gasteiger partial charge is 0.261 e. The molecule has 1 aliphatic heterocycles. The van der Waals surface area contributed by atoms with E-state index in [1.807, 2.05) is 0 Å². The zero-order chi connectivity index (χ0) is 15.7. The molecule has 5 heteroatoms. The first-order valence-electron chi connectivity index (χ1n) is 6.93. The zero-order valence-electron chi connectivity index (χ0n) is 12.0. The molecule has 2 aromatic rings. The fourth-order valence-electron chi connectivity index (χ4n) is 2.43. The number of hydrogen-bond donors (Lipinski definition) is 0. The highest BCUT2D eigenvalue weighted by Gasteiger charge is 2.38. The summed E-state index contributed by atoms with van der Waals surface area (Å²) in [5.74, 6) is 0.105. The molecule has 1 atom stereocenters. The minimum Gasteiger partial charge on any atom is -0.491 e. The summed E-state index contributed by atoms with van der Waals surface area (Å²) in [4.78, 5) is 25.9. The monoisotopic (exact) mass is 315 g/mol. The SMILES string of the molecule is C[C@@H](COc1ccc(Cl)cc1)N1C(=O)c2ccccc2C1=O. The number of amides is 2. The number of ether oxygens (including phenoxy) is 1. The number of rotatable bonds is 4. The van der Waals surface area contributed by atoms with Gasteiger partial charge in [0.05, 0.1) is 17.2 Å². The summed E-state index contributed by atoms with van der Waals surface area (Å²) in [6, 6.07) is 13.4. The van der Waals surface area contributed by atoms with Gasteiger partial charge < -0.3 is 4.74 Å². The van der Waals surface area contributed by atoms with Crippen molar-refractivity contribution >= 4 is 23.4 Å². The Bertz CT molecular complexity index is 692. The Morgan fingerprint density at radius 1 is 1.00 bits per heavy atom. The first-order chi connectivity index (χ1) is 10.6. The van der Waals surface area contributed by atoms with Crippen molar-refractivity contribution in [2.45, 2.75) is 13.0 Å². The molecule has 3 rings (SSSR count). The molecule has 0 aliphatic carbocycles. The standard InChI is InChI=1S/C17H14ClNO3/c1-11(10-22-13-8-6-12(18)7-9-13)19-16(20)14-4-2-3-5-15(14)17(19)21/h2-9,11H,10H2,1H3/t11-/m0/s1. The third-order valence-corrected chi connectivity index (χ3v) is 3.82. The van der Waals surface area contributed by atoms with E-state index in [2.05, 4.69) is 0 Å². The van der Waals surface area contributed by atoms with Gasteiger partial charge in [0.2, 0.25) is 0 Å². The second-order valence-electron chi connectivity index (χ2n) is 5.14. The van der Waals surface area contributed by atoms with Crippen LogP contribution in [0.1, 0.15) is 27.6 Å². The number of halogens is 1. The van der Waals surface area contributed by atoms with E-state index < -0.39 is 0 Å². The van der Waals surface area contributed by atoms with Crippen LogP contribution in [0.3, 0.4) is 0 Å². The lowest BCUT2D eigenvalue weighted by Crippen LogP contribution is -2.41. The minimum absolute atomic E-state index is 0.229. The van der Waals surface area contributed by atoms with Crippen LogP contribution in [0.25, 0.3) is 0 Å². The fourth-order valence-corrected chi connectivity index (χ4v) is 2.56. The molecule has 2 amide bonds. The van der Waals surface area contributed by atoms with Crippen LogP contribution >= 0.6 is 11.6 Å². The zero-order valence-corrected chi connectivity index (χ0v) is 12.7. The Morgan fingerprint density at radius 3 is 2.09 bits per heavy atom. The van der Waals surface area contributed by atoms with Gasteiger partial charge in [-0.2, -0.15) is 0 Å². The lowest BCUT2D eigenvalue weighted by molar-refractivity contribution is 0.0551. The molecule has 112 valence electrons. The van der Waals surface area contributed by atoms with Crippen LogP contribution in [0.5, 0.6) is 5.75 Å². The third kappa shape index (κ3) is 2.57. The molecule has 1 aliphatic rings. The van der Waals surface area contributed by atoms with Gasteiger partial charge in [-0.1, -0.05) is 23.7 Å². The van der Waals surface area contributed by atoms with E-state index in [1.165, 1.54) is 4.90 Å². The Hall–Kier alpha value is -2.33. The van der Waals surface area contributed by atoms with Crippen LogP contribution in [0.15, 0.2) is 48.5 Å². The maximum atomic E-state index is 12.3. The molecule has 0 unspecified atom stereocenters. The molecule has 0 spiro atoms. The first-order valence-corrected chi connectivity index (χ1v) is 7.31. The number of carbonyl (C=O) groups is 2. The van der Waals surface area contributed by atoms with Gasteiger partial charge in [-0.25, -0.2) is 0 Å². The maximum Gasteiger partial charge on any atom is 0.261 e. The molecular weight excluding hydrogens is 302 g/mol. The highest BCUT2D eigenvalue weighted by atomic mass is 35.5. The van der Waals surface area contributed by atoms with Crippen LogP contribution in [0.2, 0.25) is 5.02 Å². The molecule has 0 bridgehead atoms. The van der Waals surface area contributed by atoms with Crippen LogP contribution in [0.4, 0.5) is 0 Å². The fraction of sp³-hybridized carbons (Fsp3) is 0.176. The topological polar surface area (TPSA) is 46.6 Å². The van der Waals surface area contributed by atoms with E-state index in [4.69, 9.17) is 16.3 Å². The van der Waals surface area contributed by atoms with E-state index in [-0.39, 0.29) is 24.5 Å². The second-order valence-corrected chi connectivity index (χ2v) is 5.58. The van der Waals surface area contributed by atoms with Gasteiger partial charge in [0.25, 0.3) is 11.8 Å². The van der Waals surface area contributed by atoms with Gasteiger partial charge >= 0.3 is 0 Å². The third-order valence-electron chi connectivity index (χ3n) is 3.57. The van der Waals surface area contributed by atoms with Crippen LogP contribution in [0, 0.1) is 0 Å². The Balaban J connectivity index is 1.71. The van der Waals surface area contributed by atoms with E-state index >= 15 is 0 Å². The molecule has 0 radical (unpaired) electrons. The summed E-state index contributed by atoms with van der Waals surface area (Å²) in [6.07, 6.45) is 0. The molecule has 0 N–H and O–H groups in total. The number of nitrogens with zero attached hydrogens (tertiary/aromatic N) is 1. The number of fused-ring (bicyclic) bond motifs is 1. The number of benzene rings is 2. The lowest BCUT2D eigenvalue weighted by Gasteiger charge is -2.22. The van der Waals surface area contributed by atoms with Gasteiger partial charge in [-0.3, -0.25) is 14.5 Å². The van der Waals surface area contributed by atoms with Gasteiger partial charge in [-0.15, -0.1) is 0 Å². The largest absolute Gasteiger partial charge is 0.491 e. The van der Waals surface area contributed by atoms with Crippen molar-refractivity contribution in [1.82, 2.24) is 4.90 Å². The molecule has 22 heavy (non-hydrogen) atoms. The van der Waals surface area contributed by atoms with Crippen molar-refractivity contribution in [2.75, 3.05) is 6.61 Å². The van der Waals surface area contributed by atoms with Gasteiger partial charge in [0, 0.05) is 5.02 Å². The normalized spacial score (nSPS) is 14.9. The van der Waals surface area contributed by atoms with Gasteiger partial charge in [-0.05, 0) is 43.3 Å². The quantitative estimate of drug-likeness (QED) is 0.812. The molecule has 0 aromatic heterocycles. The van der Waals surface area contributed by atoms with E-state index in [0.717, 1.165) is 0 Å². The average Bonchev–Trinajstić information content (AvgIpc) is 2.79. The van der Waals surface area contributed by atoms with E-state index in [9.17, 15) is 9.59 Å². The predicted octanol–water partition coefficient (Wildman–Crippen LogP) is 3.40. The van der Waals surface area contributed by atoms with Crippen molar-refractivity contribution < 1.29 is 14.3 Å². The van der Waals surface area contributed by atoms with Crippen LogP contribution < -0.4 is 4.74 Å². The molecule has 0 saturated heterocycles. The van der Waals surface area contributed by atoms with E-state index in [0.29, 0.717) is 21.9 Å². The minimum atomic E-state index is -0.358. The highest BCUT2D eigenvalue weighted by Crippen LogP contribution is 2.25. The second kappa shape index (κ2) is 5.81. The summed E-state index contributed by atoms with van der Waals surface area (Å²) >= 11 is 5.81. The van der Waals surface area contributed by atoms with E-state index in [1.54, 1.807) is 55.5 Å². The van der Waals surface area contributed by atoms with Crippen molar-refractivity contribution in [3.05, 3.63) is 64.7 Å². The summed E-state index contributed by atoms with van der Waals surface area (Å²) in [6.45, 7) is 2.02. The highest BCUT2D eigenvalue weighted by molar-refractivity contribution is 6.30. The van der Waals surface area contributed by atoms with Crippen molar-refractivity contribution in [3.8, 4) is 5.75 Å². The Labute approximate surface area is 133 Å². The van der Waals surface area contributed by atoms with Crippen molar-refractivity contribution in [2.24, 2.45) is 0 Å². The molecule has 0 saturated carbocycles. The van der Waals surface area contributed by atoms with Crippen molar-refractivity contribution in [1.29, 1.82) is 0 Å². The molecular formula is C17H14ClNO3. The summed E-state index contributed by atoms with van der Waals surface area (Å²) in [5.41, 5.74) is 0.900. The summed E-state index contributed by atoms with van der Waals surface area (Å²) in [7, 11) is 0. The Kier molecular flexibility index (Phi) is 3.86. The van der Waals surface area contributed by atoms with Crippen LogP contribution in [-0.4, -0.2) is 29.4 Å². The molecule has 2 aromatic carbocycles. The molecule has 0 fully saturated rings. The maximum absolute atomic E-state index is 12.3. The average molecular weight is 316 g/mol. The Morgan fingerprint density at radius 2 is 1.55 bits per heavy atom. The molecule has 1 heterocycles. The van der Waals surface area contributed by atoms with Crippen LogP contribution in [-0.2, 0) is 0 Å². The number of hydrogen-bond acceptors (Lipinski definition) is 3. The first kappa shape index (κ1) is 14.6. The number of carbonyl (C=O) groups excluding carboxylic acids is 2. The molecule has 4 nitrogen and oxygen atoms in total. The lowest BCUT2D eigenvalue weighted by atomic mass is 10.1. The van der Waals surface area contributed by atoms with Gasteiger partial charge in [0.1, 0.15) is 12.4 Å². The predicted molar refractivity (Wildman–Crippen MR) is 83.4 cm³/mol. The summed E-state index contributed by atoms with van der Waals surface area (Å²) in [5, 5.41) is 0.626. The van der Waals surface area contributed by atoms with Gasteiger partial charge in [0.15, 0.2) is 0 Å². The van der Waals surface area contributed by atoms with Crippen molar-refractivity contribution in [3.63, 3.8) is 0 Å². The number of imide groups is 1. The summed E-state index contributed by atoms with van der Waals surface area (Å²) < 4.78 is 5.63.